The van der Waals surface area contributed by atoms with Crippen LogP contribution in [0.25, 0.3) is 0 Å². The van der Waals surface area contributed by atoms with Crippen molar-refractivity contribution in [3.05, 3.63) is 53.6 Å². The number of carbonyl (C=O) groups excluding carboxylic acids is 1. The molecule has 2 rings (SSSR count). The lowest BCUT2D eigenvalue weighted by molar-refractivity contribution is -0.140. The largest absolute Gasteiger partial charge is 0.480 e. The molecule has 1 amide bonds. The van der Waals surface area contributed by atoms with Crippen LogP contribution in [0.5, 0.6) is 5.75 Å². The lowest BCUT2D eigenvalue weighted by Crippen LogP contribution is -2.36. The van der Waals surface area contributed by atoms with Crippen molar-refractivity contribution in [3.8, 4) is 5.75 Å². The molecule has 0 bridgehead atoms. The van der Waals surface area contributed by atoms with Crippen LogP contribution in [0.1, 0.15) is 24.0 Å². The average Bonchev–Trinajstić information content (AvgIpc) is 2.52. The Kier molecular flexibility index (Phi) is 5.38. The Morgan fingerprint density at radius 2 is 2.00 bits per heavy atom. The monoisotopic (exact) mass is 339 g/mol. The van der Waals surface area contributed by atoms with E-state index in [2.05, 4.69) is 15.3 Å². The summed E-state index contributed by atoms with van der Waals surface area (Å²) in [5.74, 6) is -0.362. The molecule has 1 unspecified atom stereocenters. The molecule has 1 heterocycles. The van der Waals surface area contributed by atoms with Gasteiger partial charge in [-0.05, 0) is 32.0 Å². The Balaban J connectivity index is 2.00. The smallest absolute Gasteiger partial charge is 0.419 e. The van der Waals surface area contributed by atoms with Gasteiger partial charge in [0.05, 0.1) is 17.8 Å². The quantitative estimate of drug-likeness (QED) is 0.910. The highest BCUT2D eigenvalue weighted by molar-refractivity contribution is 5.80. The lowest BCUT2D eigenvalue weighted by Gasteiger charge is -2.18. The molecule has 1 atom stereocenters. The van der Waals surface area contributed by atoms with Crippen LogP contribution in [0.2, 0.25) is 0 Å². The number of hydrogen-bond donors (Lipinski definition) is 1. The zero-order valence-corrected chi connectivity index (χ0v) is 13.1. The van der Waals surface area contributed by atoms with Crippen molar-refractivity contribution >= 4 is 5.91 Å². The number of benzene rings is 1. The first-order chi connectivity index (χ1) is 11.3. The summed E-state index contributed by atoms with van der Waals surface area (Å²) in [6.07, 6.45) is -4.08. The summed E-state index contributed by atoms with van der Waals surface area (Å²) in [6.45, 7) is 3.23. The van der Waals surface area contributed by atoms with Gasteiger partial charge in [0, 0.05) is 6.20 Å². The predicted octanol–water partition coefficient (Wildman–Crippen LogP) is 2.89. The number of halogens is 3. The van der Waals surface area contributed by atoms with E-state index in [1.54, 1.807) is 19.2 Å². The van der Waals surface area contributed by atoms with E-state index in [4.69, 9.17) is 4.74 Å². The highest BCUT2D eigenvalue weighted by atomic mass is 19.4. The van der Waals surface area contributed by atoms with Crippen LogP contribution in [0.3, 0.4) is 0 Å². The fourth-order valence-electron chi connectivity index (χ4n) is 1.97. The third-order valence-electron chi connectivity index (χ3n) is 3.14. The van der Waals surface area contributed by atoms with Crippen LogP contribution in [-0.2, 0) is 17.5 Å². The van der Waals surface area contributed by atoms with Crippen molar-refractivity contribution in [1.82, 2.24) is 15.3 Å². The molecule has 2 aromatic rings. The molecule has 0 fully saturated rings. The zero-order chi connectivity index (χ0) is 17.7. The Bertz CT molecular complexity index is 720. The Labute approximate surface area is 136 Å². The Morgan fingerprint density at radius 3 is 2.67 bits per heavy atom. The summed E-state index contributed by atoms with van der Waals surface area (Å²) in [7, 11) is 0. The lowest BCUT2D eigenvalue weighted by atomic mass is 10.2. The van der Waals surface area contributed by atoms with Gasteiger partial charge in [-0.3, -0.25) is 4.79 Å². The summed E-state index contributed by atoms with van der Waals surface area (Å²) in [5, 5.41) is 2.57. The SMILES string of the molecule is Cc1nccc(CNC(=O)C(C)Oc2ccccc2C(F)(F)F)n1. The van der Waals surface area contributed by atoms with E-state index in [-0.39, 0.29) is 12.3 Å². The van der Waals surface area contributed by atoms with Crippen LogP contribution >= 0.6 is 0 Å². The summed E-state index contributed by atoms with van der Waals surface area (Å²) in [5.41, 5.74) is -0.324. The maximum Gasteiger partial charge on any atom is 0.419 e. The van der Waals surface area contributed by atoms with Gasteiger partial charge in [-0.15, -0.1) is 0 Å². The standard InChI is InChI=1S/C16H16F3N3O2/c1-10(15(23)21-9-12-7-8-20-11(2)22-12)24-14-6-4-3-5-13(14)16(17,18)19/h3-8,10H,9H2,1-2H3,(H,21,23). The fraction of sp³-hybridized carbons (Fsp3) is 0.312. The minimum Gasteiger partial charge on any atom is -0.480 e. The summed E-state index contributed by atoms with van der Waals surface area (Å²) >= 11 is 0. The normalized spacial score (nSPS) is 12.5. The van der Waals surface area contributed by atoms with Gasteiger partial charge in [-0.1, -0.05) is 12.1 Å². The van der Waals surface area contributed by atoms with E-state index in [0.29, 0.717) is 11.5 Å². The molecule has 0 saturated heterocycles. The number of para-hydroxylation sites is 1. The first kappa shape index (κ1) is 17.7. The Hall–Kier alpha value is -2.64. The molecule has 0 saturated carbocycles. The number of hydrogen-bond acceptors (Lipinski definition) is 4. The second-order valence-corrected chi connectivity index (χ2v) is 5.07. The van der Waals surface area contributed by atoms with Crippen LogP contribution < -0.4 is 10.1 Å². The van der Waals surface area contributed by atoms with Crippen molar-refractivity contribution in [2.75, 3.05) is 0 Å². The molecule has 8 heteroatoms. The van der Waals surface area contributed by atoms with Gasteiger partial charge in [0.1, 0.15) is 11.6 Å². The molecule has 0 aliphatic rings. The second kappa shape index (κ2) is 7.29. The van der Waals surface area contributed by atoms with Crippen molar-refractivity contribution < 1.29 is 22.7 Å². The van der Waals surface area contributed by atoms with Gasteiger partial charge in [0.2, 0.25) is 0 Å². The van der Waals surface area contributed by atoms with Gasteiger partial charge in [0.25, 0.3) is 5.91 Å². The minimum absolute atomic E-state index is 0.136. The number of nitrogens with zero attached hydrogens (tertiary/aromatic N) is 2. The molecule has 1 aromatic heterocycles. The number of ether oxygens (including phenoxy) is 1. The van der Waals surface area contributed by atoms with Crippen molar-refractivity contribution in [2.24, 2.45) is 0 Å². The van der Waals surface area contributed by atoms with Crippen molar-refractivity contribution in [1.29, 1.82) is 0 Å². The number of rotatable bonds is 5. The molecular weight excluding hydrogens is 323 g/mol. The molecular formula is C16H16F3N3O2. The highest BCUT2D eigenvalue weighted by Crippen LogP contribution is 2.36. The summed E-state index contributed by atoms with van der Waals surface area (Å²) in [4.78, 5) is 20.1. The van der Waals surface area contributed by atoms with E-state index in [1.165, 1.54) is 25.1 Å². The van der Waals surface area contributed by atoms with E-state index in [0.717, 1.165) is 6.07 Å². The number of alkyl halides is 3. The van der Waals surface area contributed by atoms with E-state index >= 15 is 0 Å². The average molecular weight is 339 g/mol. The molecule has 0 aliphatic carbocycles. The first-order valence-electron chi connectivity index (χ1n) is 7.16. The van der Waals surface area contributed by atoms with Crippen molar-refractivity contribution in [2.45, 2.75) is 32.7 Å². The maximum atomic E-state index is 12.9. The number of aromatic nitrogens is 2. The molecule has 128 valence electrons. The van der Waals surface area contributed by atoms with Crippen LogP contribution in [0.4, 0.5) is 13.2 Å². The fourth-order valence-corrected chi connectivity index (χ4v) is 1.97. The van der Waals surface area contributed by atoms with Gasteiger partial charge in [-0.2, -0.15) is 13.2 Å². The van der Waals surface area contributed by atoms with E-state index < -0.39 is 23.8 Å². The molecule has 1 aromatic carbocycles. The molecule has 1 N–H and O–H groups in total. The first-order valence-corrected chi connectivity index (χ1v) is 7.16. The topological polar surface area (TPSA) is 64.1 Å². The van der Waals surface area contributed by atoms with Gasteiger partial charge in [-0.25, -0.2) is 9.97 Å². The van der Waals surface area contributed by atoms with Crippen LogP contribution in [0.15, 0.2) is 36.5 Å². The third kappa shape index (κ3) is 4.68. The van der Waals surface area contributed by atoms with Crippen molar-refractivity contribution in [3.63, 3.8) is 0 Å². The van der Waals surface area contributed by atoms with E-state index in [1.807, 2.05) is 0 Å². The van der Waals surface area contributed by atoms with Crippen LogP contribution in [-0.4, -0.2) is 22.0 Å². The van der Waals surface area contributed by atoms with Gasteiger partial charge < -0.3 is 10.1 Å². The second-order valence-electron chi connectivity index (χ2n) is 5.07. The zero-order valence-electron chi connectivity index (χ0n) is 13.1. The van der Waals surface area contributed by atoms with E-state index in [9.17, 15) is 18.0 Å². The van der Waals surface area contributed by atoms with Gasteiger partial charge in [0.15, 0.2) is 6.10 Å². The minimum atomic E-state index is -4.55. The summed E-state index contributed by atoms with van der Waals surface area (Å²) < 4.78 is 43.9. The molecule has 0 radical (unpaired) electrons. The number of amides is 1. The number of carbonyl (C=O) groups is 1. The number of nitrogens with one attached hydrogen (secondary N) is 1. The summed E-state index contributed by atoms with van der Waals surface area (Å²) in [6, 6.07) is 6.40. The third-order valence-corrected chi connectivity index (χ3v) is 3.14. The molecule has 0 spiro atoms. The molecule has 5 nitrogen and oxygen atoms in total. The predicted molar refractivity (Wildman–Crippen MR) is 80.1 cm³/mol. The Morgan fingerprint density at radius 1 is 1.29 bits per heavy atom. The van der Waals surface area contributed by atoms with Gasteiger partial charge >= 0.3 is 6.18 Å². The molecule has 0 aliphatic heterocycles. The maximum absolute atomic E-state index is 12.9. The molecule has 24 heavy (non-hydrogen) atoms. The number of aryl methyl sites for hydroxylation is 1. The van der Waals surface area contributed by atoms with Crippen LogP contribution in [0, 0.1) is 6.92 Å². The highest BCUT2D eigenvalue weighted by Gasteiger charge is 2.34.